The summed E-state index contributed by atoms with van der Waals surface area (Å²) >= 11 is 0. The number of anilines is 2. The van der Waals surface area contributed by atoms with E-state index < -0.39 is 10.0 Å². The third-order valence-corrected chi connectivity index (χ3v) is 5.84. The quantitative estimate of drug-likeness (QED) is 0.783. The van der Waals surface area contributed by atoms with Crippen molar-refractivity contribution in [3.05, 3.63) is 18.2 Å². The molecule has 1 unspecified atom stereocenters. The minimum absolute atomic E-state index is 0.149. The van der Waals surface area contributed by atoms with Gasteiger partial charge in [-0.25, -0.2) is 12.7 Å². The predicted octanol–water partition coefficient (Wildman–Crippen LogP) is 0.728. The third kappa shape index (κ3) is 3.14. The summed E-state index contributed by atoms with van der Waals surface area (Å²) in [5.41, 5.74) is 7.17. The number of hydrogen-bond acceptors (Lipinski definition) is 5. The molecule has 6 nitrogen and oxygen atoms in total. The molecule has 1 aliphatic heterocycles. The molecule has 0 amide bonds. The van der Waals surface area contributed by atoms with Gasteiger partial charge in [-0.2, -0.15) is 0 Å². The SMILES string of the molecule is CN(C)S(=O)(=O)c1cccc(N2CCC(CCO)C2)c1N. The Morgan fingerprint density at radius 2 is 2.14 bits per heavy atom. The molecule has 1 aromatic carbocycles. The highest BCUT2D eigenvalue weighted by atomic mass is 32.2. The minimum Gasteiger partial charge on any atom is -0.396 e. The number of hydrogen-bond donors (Lipinski definition) is 2. The number of aliphatic hydroxyl groups is 1. The molecular formula is C14H23N3O3S. The number of para-hydroxylation sites is 1. The van der Waals surface area contributed by atoms with Gasteiger partial charge in [0.15, 0.2) is 0 Å². The summed E-state index contributed by atoms with van der Waals surface area (Å²) < 4.78 is 25.7. The lowest BCUT2D eigenvalue weighted by molar-refractivity contribution is 0.263. The molecule has 3 N–H and O–H groups in total. The Kier molecular flexibility index (Phi) is 4.75. The molecule has 0 bridgehead atoms. The molecule has 1 aliphatic rings. The van der Waals surface area contributed by atoms with Crippen LogP contribution < -0.4 is 10.6 Å². The van der Waals surface area contributed by atoms with Gasteiger partial charge in [0, 0.05) is 33.8 Å². The molecule has 1 atom stereocenters. The Morgan fingerprint density at radius 1 is 1.43 bits per heavy atom. The number of aliphatic hydroxyl groups excluding tert-OH is 1. The van der Waals surface area contributed by atoms with Gasteiger partial charge in [0.2, 0.25) is 10.0 Å². The summed E-state index contributed by atoms with van der Waals surface area (Å²) in [6.07, 6.45) is 1.76. The van der Waals surface area contributed by atoms with Crippen LogP contribution in [0.2, 0.25) is 0 Å². The second-order valence-electron chi connectivity index (χ2n) is 5.59. The smallest absolute Gasteiger partial charge is 0.244 e. The summed E-state index contributed by atoms with van der Waals surface area (Å²) in [6, 6.07) is 5.11. The van der Waals surface area contributed by atoms with Crippen LogP contribution in [0.3, 0.4) is 0 Å². The fraction of sp³-hybridized carbons (Fsp3) is 0.571. The Bertz CT molecular complexity index is 601. The molecule has 118 valence electrons. The van der Waals surface area contributed by atoms with Crippen molar-refractivity contribution in [3.63, 3.8) is 0 Å². The molecule has 1 fully saturated rings. The molecule has 0 spiro atoms. The van der Waals surface area contributed by atoms with E-state index in [2.05, 4.69) is 4.90 Å². The van der Waals surface area contributed by atoms with Crippen molar-refractivity contribution in [1.82, 2.24) is 4.31 Å². The number of sulfonamides is 1. The molecule has 1 aromatic rings. The first-order valence-electron chi connectivity index (χ1n) is 7.04. The Balaban J connectivity index is 2.32. The van der Waals surface area contributed by atoms with Crippen LogP contribution in [0.15, 0.2) is 23.1 Å². The highest BCUT2D eigenvalue weighted by Gasteiger charge is 2.27. The van der Waals surface area contributed by atoms with E-state index in [4.69, 9.17) is 10.8 Å². The molecule has 1 saturated heterocycles. The third-order valence-electron chi connectivity index (χ3n) is 3.97. The van der Waals surface area contributed by atoms with Gasteiger partial charge in [-0.1, -0.05) is 6.07 Å². The summed E-state index contributed by atoms with van der Waals surface area (Å²) in [5, 5.41) is 9.02. The van der Waals surface area contributed by atoms with Gasteiger partial charge >= 0.3 is 0 Å². The van der Waals surface area contributed by atoms with Crippen molar-refractivity contribution in [3.8, 4) is 0 Å². The molecule has 0 aromatic heterocycles. The second kappa shape index (κ2) is 6.21. The number of rotatable bonds is 5. The molecule has 0 aliphatic carbocycles. The first kappa shape index (κ1) is 16.1. The number of nitrogen functional groups attached to an aromatic ring is 1. The molecule has 0 saturated carbocycles. The maximum Gasteiger partial charge on any atom is 0.244 e. The Hall–Kier alpha value is -1.31. The molecule has 2 rings (SSSR count). The maximum atomic E-state index is 12.3. The summed E-state index contributed by atoms with van der Waals surface area (Å²) in [6.45, 7) is 1.82. The van der Waals surface area contributed by atoms with E-state index in [-0.39, 0.29) is 11.5 Å². The lowest BCUT2D eigenvalue weighted by Gasteiger charge is -2.23. The van der Waals surface area contributed by atoms with Crippen LogP contribution in [0.25, 0.3) is 0 Å². The fourth-order valence-corrected chi connectivity index (χ4v) is 3.73. The fourth-order valence-electron chi connectivity index (χ4n) is 2.70. The van der Waals surface area contributed by atoms with Gasteiger partial charge in [-0.05, 0) is 30.9 Å². The van der Waals surface area contributed by atoms with Crippen molar-refractivity contribution in [1.29, 1.82) is 0 Å². The van der Waals surface area contributed by atoms with E-state index in [1.165, 1.54) is 24.5 Å². The lowest BCUT2D eigenvalue weighted by atomic mass is 10.1. The predicted molar refractivity (Wildman–Crippen MR) is 83.8 cm³/mol. The van der Waals surface area contributed by atoms with Gasteiger partial charge in [0.1, 0.15) is 4.90 Å². The van der Waals surface area contributed by atoms with Crippen molar-refractivity contribution >= 4 is 21.4 Å². The van der Waals surface area contributed by atoms with E-state index >= 15 is 0 Å². The van der Waals surface area contributed by atoms with Crippen LogP contribution in [0, 0.1) is 5.92 Å². The molecule has 1 heterocycles. The topological polar surface area (TPSA) is 86.9 Å². The average molecular weight is 313 g/mol. The number of nitrogens with two attached hydrogens (primary N) is 1. The summed E-state index contributed by atoms with van der Waals surface area (Å²) in [5.74, 6) is 0.434. The molecular weight excluding hydrogens is 290 g/mol. The van der Waals surface area contributed by atoms with Crippen molar-refractivity contribution in [2.75, 3.05) is 44.4 Å². The molecule has 7 heteroatoms. The normalized spacial score (nSPS) is 19.4. The Labute approximate surface area is 126 Å². The van der Waals surface area contributed by atoms with Crippen LogP contribution in [0.4, 0.5) is 11.4 Å². The minimum atomic E-state index is -3.54. The van der Waals surface area contributed by atoms with E-state index in [1.54, 1.807) is 6.07 Å². The summed E-state index contributed by atoms with van der Waals surface area (Å²) in [7, 11) is -0.552. The van der Waals surface area contributed by atoms with Crippen LogP contribution in [0.1, 0.15) is 12.8 Å². The van der Waals surface area contributed by atoms with Crippen LogP contribution >= 0.6 is 0 Å². The second-order valence-corrected chi connectivity index (χ2v) is 7.71. The van der Waals surface area contributed by atoms with Crippen LogP contribution in [0.5, 0.6) is 0 Å². The van der Waals surface area contributed by atoms with Crippen LogP contribution in [-0.4, -0.2) is 51.6 Å². The van der Waals surface area contributed by atoms with Gasteiger partial charge in [-0.3, -0.25) is 0 Å². The molecule has 21 heavy (non-hydrogen) atoms. The largest absolute Gasteiger partial charge is 0.396 e. The van der Waals surface area contributed by atoms with Gasteiger partial charge in [-0.15, -0.1) is 0 Å². The number of nitrogens with zero attached hydrogens (tertiary/aromatic N) is 2. The van der Waals surface area contributed by atoms with Gasteiger partial charge in [0.05, 0.1) is 11.4 Å². The molecule has 0 radical (unpaired) electrons. The van der Waals surface area contributed by atoms with E-state index in [9.17, 15) is 8.42 Å². The number of benzene rings is 1. The monoisotopic (exact) mass is 313 g/mol. The van der Waals surface area contributed by atoms with E-state index in [0.29, 0.717) is 11.6 Å². The van der Waals surface area contributed by atoms with Gasteiger partial charge in [0.25, 0.3) is 0 Å². The highest BCUT2D eigenvalue weighted by Crippen LogP contribution is 2.34. The lowest BCUT2D eigenvalue weighted by Crippen LogP contribution is -2.25. The van der Waals surface area contributed by atoms with Crippen LogP contribution in [-0.2, 0) is 10.0 Å². The van der Waals surface area contributed by atoms with Gasteiger partial charge < -0.3 is 15.7 Å². The van der Waals surface area contributed by atoms with Crippen molar-refractivity contribution < 1.29 is 13.5 Å². The van der Waals surface area contributed by atoms with Crippen molar-refractivity contribution in [2.24, 2.45) is 5.92 Å². The van der Waals surface area contributed by atoms with E-state index in [1.807, 2.05) is 6.07 Å². The first-order chi connectivity index (χ1) is 9.87. The Morgan fingerprint density at radius 3 is 2.76 bits per heavy atom. The van der Waals surface area contributed by atoms with Crippen molar-refractivity contribution in [2.45, 2.75) is 17.7 Å². The highest BCUT2D eigenvalue weighted by molar-refractivity contribution is 7.89. The standard InChI is InChI=1S/C14H23N3O3S/c1-16(2)21(19,20)13-5-3-4-12(14(13)15)17-8-6-11(10-17)7-9-18/h3-5,11,18H,6-10,15H2,1-2H3. The first-order valence-corrected chi connectivity index (χ1v) is 8.48. The van der Waals surface area contributed by atoms with E-state index in [0.717, 1.165) is 31.6 Å². The maximum absolute atomic E-state index is 12.3. The zero-order chi connectivity index (χ0) is 15.6. The zero-order valence-electron chi connectivity index (χ0n) is 12.5. The average Bonchev–Trinajstić information content (AvgIpc) is 2.87. The zero-order valence-corrected chi connectivity index (χ0v) is 13.3. The summed E-state index contributed by atoms with van der Waals surface area (Å²) in [4.78, 5) is 2.25.